The fourth-order valence-electron chi connectivity index (χ4n) is 2.70. The minimum Gasteiger partial charge on any atom is -0.491 e. The van der Waals surface area contributed by atoms with Crippen molar-refractivity contribution in [2.24, 2.45) is 0 Å². The van der Waals surface area contributed by atoms with Crippen LogP contribution >= 0.6 is 0 Å². The Labute approximate surface area is 164 Å². The molecule has 0 aliphatic rings. The predicted molar refractivity (Wildman–Crippen MR) is 109 cm³/mol. The summed E-state index contributed by atoms with van der Waals surface area (Å²) >= 11 is 0. The molecule has 148 valence electrons. The molecule has 2 aromatic rings. The SMILES string of the molecule is CC(=O)Nc1cc(NC(C)=O)cc(C(=O)NCCOc2ccc(C)cc2C)c1. The van der Waals surface area contributed by atoms with Gasteiger partial charge in [-0.3, -0.25) is 14.4 Å². The van der Waals surface area contributed by atoms with Crippen molar-refractivity contribution < 1.29 is 19.1 Å². The molecule has 0 spiro atoms. The van der Waals surface area contributed by atoms with Crippen LogP contribution in [0.15, 0.2) is 36.4 Å². The Bertz CT molecular complexity index is 859. The Hall–Kier alpha value is -3.35. The maximum Gasteiger partial charge on any atom is 0.251 e. The second-order valence-electron chi connectivity index (χ2n) is 6.53. The largest absolute Gasteiger partial charge is 0.491 e. The standard InChI is InChI=1S/C21H25N3O4/c1-13-5-6-20(14(2)9-13)28-8-7-22-21(27)17-10-18(23-15(3)25)12-19(11-17)24-16(4)26/h5-6,9-12H,7-8H2,1-4H3,(H,22,27)(H,23,25)(H,24,26). The summed E-state index contributed by atoms with van der Waals surface area (Å²) in [4.78, 5) is 35.1. The molecule has 0 saturated carbocycles. The average molecular weight is 383 g/mol. The van der Waals surface area contributed by atoms with Gasteiger partial charge in [0.05, 0.1) is 6.54 Å². The number of carbonyl (C=O) groups is 3. The summed E-state index contributed by atoms with van der Waals surface area (Å²) in [5.41, 5.74) is 3.37. The number of anilines is 2. The molecule has 28 heavy (non-hydrogen) atoms. The van der Waals surface area contributed by atoms with Gasteiger partial charge in [0.1, 0.15) is 12.4 Å². The zero-order valence-corrected chi connectivity index (χ0v) is 16.5. The highest BCUT2D eigenvalue weighted by atomic mass is 16.5. The van der Waals surface area contributed by atoms with Crippen molar-refractivity contribution in [3.63, 3.8) is 0 Å². The summed E-state index contributed by atoms with van der Waals surface area (Å²) < 4.78 is 5.70. The van der Waals surface area contributed by atoms with Gasteiger partial charge in [0.2, 0.25) is 11.8 Å². The average Bonchev–Trinajstić information content (AvgIpc) is 2.58. The molecule has 0 aliphatic heterocycles. The van der Waals surface area contributed by atoms with Crippen molar-refractivity contribution in [1.82, 2.24) is 5.32 Å². The Morgan fingerprint density at radius 1 is 0.893 bits per heavy atom. The number of benzene rings is 2. The first-order valence-electron chi connectivity index (χ1n) is 8.93. The Morgan fingerprint density at radius 3 is 2.04 bits per heavy atom. The van der Waals surface area contributed by atoms with Gasteiger partial charge in [0.15, 0.2) is 0 Å². The van der Waals surface area contributed by atoms with Crippen molar-refractivity contribution in [1.29, 1.82) is 0 Å². The number of amides is 3. The highest BCUT2D eigenvalue weighted by Gasteiger charge is 2.10. The number of carbonyl (C=O) groups excluding carboxylic acids is 3. The normalized spacial score (nSPS) is 10.1. The number of hydrogen-bond acceptors (Lipinski definition) is 4. The van der Waals surface area contributed by atoms with Crippen molar-refractivity contribution in [3.8, 4) is 5.75 Å². The highest BCUT2D eigenvalue weighted by Crippen LogP contribution is 2.20. The molecular formula is C21H25N3O4. The predicted octanol–water partition coefficient (Wildman–Crippen LogP) is 3.03. The van der Waals surface area contributed by atoms with Crippen molar-refractivity contribution in [3.05, 3.63) is 53.1 Å². The van der Waals surface area contributed by atoms with Gasteiger partial charge in [-0.05, 0) is 43.7 Å². The van der Waals surface area contributed by atoms with E-state index >= 15 is 0 Å². The molecule has 0 bridgehead atoms. The minimum atomic E-state index is -0.331. The second kappa shape index (κ2) is 9.55. The van der Waals surface area contributed by atoms with E-state index in [1.807, 2.05) is 32.0 Å². The van der Waals surface area contributed by atoms with E-state index in [0.717, 1.165) is 16.9 Å². The van der Waals surface area contributed by atoms with Gasteiger partial charge in [-0.25, -0.2) is 0 Å². The van der Waals surface area contributed by atoms with Crippen LogP contribution in [-0.2, 0) is 9.59 Å². The van der Waals surface area contributed by atoms with E-state index in [-0.39, 0.29) is 17.7 Å². The highest BCUT2D eigenvalue weighted by molar-refractivity contribution is 5.99. The first-order chi connectivity index (χ1) is 13.2. The molecule has 2 rings (SSSR count). The van der Waals surface area contributed by atoms with Gasteiger partial charge >= 0.3 is 0 Å². The molecule has 0 aliphatic carbocycles. The Balaban J connectivity index is 1.99. The molecule has 0 unspecified atom stereocenters. The lowest BCUT2D eigenvalue weighted by Gasteiger charge is -2.12. The third-order valence-electron chi connectivity index (χ3n) is 3.81. The Morgan fingerprint density at radius 2 is 1.50 bits per heavy atom. The lowest BCUT2D eigenvalue weighted by Crippen LogP contribution is -2.28. The second-order valence-corrected chi connectivity index (χ2v) is 6.53. The van der Waals surface area contributed by atoms with Crippen LogP contribution in [0.2, 0.25) is 0 Å². The first kappa shape index (κ1) is 21.0. The van der Waals surface area contributed by atoms with E-state index in [2.05, 4.69) is 16.0 Å². The summed E-state index contributed by atoms with van der Waals surface area (Å²) in [7, 11) is 0. The molecule has 0 radical (unpaired) electrons. The lowest BCUT2D eigenvalue weighted by molar-refractivity contribution is -0.115. The summed E-state index contributed by atoms with van der Waals surface area (Å²) in [5, 5.41) is 8.01. The third kappa shape index (κ3) is 6.42. The quantitative estimate of drug-likeness (QED) is 0.640. The van der Waals surface area contributed by atoms with Crippen LogP contribution in [0, 0.1) is 13.8 Å². The van der Waals surface area contributed by atoms with Crippen LogP contribution in [0.4, 0.5) is 11.4 Å². The van der Waals surface area contributed by atoms with Crippen LogP contribution in [0.1, 0.15) is 35.3 Å². The molecule has 0 heterocycles. The zero-order chi connectivity index (χ0) is 20.7. The summed E-state index contributed by atoms with van der Waals surface area (Å²) in [6.07, 6.45) is 0. The van der Waals surface area contributed by atoms with Gasteiger partial charge in [-0.1, -0.05) is 17.7 Å². The zero-order valence-electron chi connectivity index (χ0n) is 16.5. The molecule has 3 amide bonds. The smallest absolute Gasteiger partial charge is 0.251 e. The number of hydrogen-bond donors (Lipinski definition) is 3. The number of nitrogens with one attached hydrogen (secondary N) is 3. The molecule has 0 atom stereocenters. The molecule has 3 N–H and O–H groups in total. The molecular weight excluding hydrogens is 358 g/mol. The van der Waals surface area contributed by atoms with Crippen LogP contribution in [0.3, 0.4) is 0 Å². The first-order valence-corrected chi connectivity index (χ1v) is 8.93. The van der Waals surface area contributed by atoms with Gasteiger partial charge in [-0.2, -0.15) is 0 Å². The van der Waals surface area contributed by atoms with Crippen LogP contribution in [-0.4, -0.2) is 30.9 Å². The van der Waals surface area contributed by atoms with E-state index in [1.165, 1.54) is 13.8 Å². The Kier molecular flexibility index (Phi) is 7.14. The number of rotatable bonds is 7. The number of ether oxygens (including phenoxy) is 1. The monoisotopic (exact) mass is 383 g/mol. The van der Waals surface area contributed by atoms with Gasteiger partial charge in [0.25, 0.3) is 5.91 Å². The summed E-state index contributed by atoms with van der Waals surface area (Å²) in [6.45, 7) is 7.36. The molecule has 2 aromatic carbocycles. The van der Waals surface area contributed by atoms with Crippen molar-refractivity contribution in [2.75, 3.05) is 23.8 Å². The maximum atomic E-state index is 12.5. The van der Waals surface area contributed by atoms with Gasteiger partial charge in [-0.15, -0.1) is 0 Å². The van der Waals surface area contributed by atoms with Crippen LogP contribution in [0.25, 0.3) is 0 Å². The minimum absolute atomic E-state index is 0.270. The van der Waals surface area contributed by atoms with E-state index in [1.54, 1.807) is 18.2 Å². The van der Waals surface area contributed by atoms with Crippen LogP contribution < -0.4 is 20.7 Å². The van der Waals surface area contributed by atoms with Crippen molar-refractivity contribution >= 4 is 29.1 Å². The molecule has 7 heteroatoms. The van der Waals surface area contributed by atoms with Crippen molar-refractivity contribution in [2.45, 2.75) is 27.7 Å². The molecule has 0 aromatic heterocycles. The van der Waals surface area contributed by atoms with E-state index in [9.17, 15) is 14.4 Å². The van der Waals surface area contributed by atoms with E-state index < -0.39 is 0 Å². The third-order valence-corrected chi connectivity index (χ3v) is 3.81. The topological polar surface area (TPSA) is 96.5 Å². The van der Waals surface area contributed by atoms with Gasteiger partial charge < -0.3 is 20.7 Å². The lowest BCUT2D eigenvalue weighted by atomic mass is 10.1. The maximum absolute atomic E-state index is 12.5. The summed E-state index contributed by atoms with van der Waals surface area (Å²) in [6, 6.07) is 10.6. The molecule has 0 saturated heterocycles. The molecule has 7 nitrogen and oxygen atoms in total. The molecule has 0 fully saturated rings. The van der Waals surface area contributed by atoms with Crippen LogP contribution in [0.5, 0.6) is 5.75 Å². The summed E-state index contributed by atoms with van der Waals surface area (Å²) in [5.74, 6) is -0.0927. The fraction of sp³-hybridized carbons (Fsp3) is 0.286. The number of aryl methyl sites for hydroxylation is 2. The van der Waals surface area contributed by atoms with E-state index in [4.69, 9.17) is 4.74 Å². The van der Waals surface area contributed by atoms with E-state index in [0.29, 0.717) is 30.1 Å². The fourth-order valence-corrected chi connectivity index (χ4v) is 2.70. The van der Waals surface area contributed by atoms with Gasteiger partial charge in [0, 0.05) is 30.8 Å².